The van der Waals surface area contributed by atoms with E-state index in [1.54, 1.807) is 0 Å². The zero-order valence-corrected chi connectivity index (χ0v) is 66.1. The van der Waals surface area contributed by atoms with Crippen molar-refractivity contribution < 1.29 is 14.0 Å². The minimum Gasteiger partial charge on any atom is -0.488 e. The molecule has 0 heterocycles. The third-order valence-electron chi connectivity index (χ3n) is 22.9. The molecule has 21 rings (SSSR count). The molecule has 0 aliphatic rings. The minimum atomic E-state index is -1.68. The summed E-state index contributed by atoms with van der Waals surface area (Å²) < 4.78 is 26.7. The van der Waals surface area contributed by atoms with Gasteiger partial charge in [0, 0.05) is 65.7 Å². The molecule has 7 heteroatoms. The minimum absolute atomic E-state index is 0.573. The Hall–Kier alpha value is -13.3. The summed E-state index contributed by atoms with van der Waals surface area (Å²) in [5.74, 6) is 1.72. The lowest BCUT2D eigenvalue weighted by Gasteiger charge is -2.30. The Morgan fingerprint density at radius 2 is 0.330 bits per heavy atom. The van der Waals surface area contributed by atoms with E-state index in [1.807, 2.05) is 0 Å². The first-order valence-corrected chi connectivity index (χ1v) is 40.8. The summed E-state index contributed by atoms with van der Waals surface area (Å²) in [6, 6.07) is 145. The zero-order valence-electron chi connectivity index (χ0n) is 62.6. The van der Waals surface area contributed by atoms with E-state index in [4.69, 9.17) is 14.0 Å². The maximum atomic E-state index is 8.91. The molecule has 3 nitrogen and oxygen atoms in total. The molecule has 115 heavy (non-hydrogen) atoms. The quantitative estimate of drug-likeness (QED) is 0.0443. The fourth-order valence-corrected chi connectivity index (χ4v) is 19.4. The fourth-order valence-electron chi connectivity index (χ4n) is 18.0. The molecule has 0 N–H and O–H groups in total. The van der Waals surface area contributed by atoms with Gasteiger partial charge in [-0.05, 0) is 202 Å². The average Bonchev–Trinajstić information content (AvgIpc) is 0.715. The molecule has 0 amide bonds. The highest BCUT2D eigenvalue weighted by atomic mass is 31.0. The molecule has 3 unspecified atom stereocenters. The molecular formula is C108H72BO3P3. The van der Waals surface area contributed by atoms with Crippen LogP contribution in [-0.4, -0.2) is 7.32 Å². The Balaban J connectivity index is 1.00. The standard InChI is InChI=1S/C108H72BO3P3/c113-88-64-82-58-76-52-28-31-55-79(76)61-85(82)100-103(88)94(70-40-16-4-17-41-70)91(67-34-10-1-11-35-67)97(73-46-22-7-23-47-73)106(100)110-109(111-107-98(74-48-24-8-25-49-74)92(68-36-12-2-13-37-68)95(71-42-18-5-19-43-71)104-89(114)65-83-59-77-53-29-32-56-80(77)62-86(83)101(104)107)112-108-99(75-50-26-9-27-51-75)93(69-38-14-3-15-39-69)96(72-44-20-6-21-45-72)105-90(115)66-84-60-78-54-30-33-57-81(78)63-87(84)102(105)108/h1-66H,113-115H2. The number of hydrogen-bond acceptors (Lipinski definition) is 3. The van der Waals surface area contributed by atoms with E-state index < -0.39 is 7.32 Å². The van der Waals surface area contributed by atoms with E-state index in [0.29, 0.717) is 17.2 Å². The van der Waals surface area contributed by atoms with Crippen molar-refractivity contribution in [2.24, 2.45) is 0 Å². The van der Waals surface area contributed by atoms with Gasteiger partial charge in [0.2, 0.25) is 0 Å². The first kappa shape index (κ1) is 69.6. The summed E-state index contributed by atoms with van der Waals surface area (Å²) in [4.78, 5) is 0. The molecule has 0 saturated heterocycles. The van der Waals surface area contributed by atoms with Crippen molar-refractivity contribution in [2.75, 3.05) is 0 Å². The van der Waals surface area contributed by atoms with Crippen LogP contribution in [0.5, 0.6) is 17.2 Å². The highest BCUT2D eigenvalue weighted by molar-refractivity contribution is 7.29. The van der Waals surface area contributed by atoms with Gasteiger partial charge < -0.3 is 14.0 Å². The summed E-state index contributed by atoms with van der Waals surface area (Å²) in [6.07, 6.45) is 0. The molecule has 0 saturated carbocycles. The van der Waals surface area contributed by atoms with Crippen molar-refractivity contribution in [3.05, 3.63) is 400 Å². The van der Waals surface area contributed by atoms with Gasteiger partial charge in [-0.25, -0.2) is 0 Å². The van der Waals surface area contributed by atoms with Crippen LogP contribution in [0.15, 0.2) is 400 Å². The second-order valence-corrected chi connectivity index (χ2v) is 31.6. The maximum Gasteiger partial charge on any atom is 0.864 e. The molecule has 3 atom stereocenters. The summed E-state index contributed by atoms with van der Waals surface area (Å²) in [7, 11) is 8.02. The Bertz CT molecular complexity index is 6700. The van der Waals surface area contributed by atoms with Gasteiger partial charge in [-0.1, -0.05) is 346 Å². The molecule has 0 aromatic heterocycles. The lowest BCUT2D eigenvalue weighted by Crippen LogP contribution is -2.38. The second kappa shape index (κ2) is 29.4. The molecule has 540 valence electrons. The van der Waals surface area contributed by atoms with Gasteiger partial charge >= 0.3 is 7.32 Å². The van der Waals surface area contributed by atoms with Crippen LogP contribution in [0.3, 0.4) is 0 Å². The van der Waals surface area contributed by atoms with Gasteiger partial charge in [-0.2, -0.15) is 0 Å². The summed E-state index contributed by atoms with van der Waals surface area (Å²) in [6.45, 7) is 0. The van der Waals surface area contributed by atoms with E-state index >= 15 is 0 Å². The predicted octanol–water partition coefficient (Wildman–Crippen LogP) is 28.1. The predicted molar refractivity (Wildman–Crippen MR) is 501 cm³/mol. The van der Waals surface area contributed by atoms with Gasteiger partial charge in [0.05, 0.1) is 0 Å². The molecule has 0 radical (unpaired) electrons. The van der Waals surface area contributed by atoms with Crippen LogP contribution >= 0.6 is 27.7 Å². The van der Waals surface area contributed by atoms with Crippen LogP contribution in [0, 0.1) is 0 Å². The van der Waals surface area contributed by atoms with Gasteiger partial charge in [0.25, 0.3) is 0 Å². The molecule has 0 fully saturated rings. The Kier molecular flexibility index (Phi) is 17.8. The monoisotopic (exact) mass is 1520 g/mol. The number of fused-ring (bicyclic) bond motifs is 12. The Labute approximate surface area is 674 Å². The normalized spacial score (nSPS) is 11.6. The van der Waals surface area contributed by atoms with E-state index in [2.05, 4.69) is 428 Å². The van der Waals surface area contributed by atoms with Crippen molar-refractivity contribution in [3.63, 3.8) is 0 Å². The van der Waals surface area contributed by atoms with Gasteiger partial charge in [-0.3, -0.25) is 0 Å². The van der Waals surface area contributed by atoms with E-state index in [9.17, 15) is 0 Å². The van der Waals surface area contributed by atoms with Gasteiger partial charge in [-0.15, -0.1) is 27.7 Å². The molecule has 21 aromatic carbocycles. The first-order chi connectivity index (χ1) is 56.8. The van der Waals surface area contributed by atoms with Crippen molar-refractivity contribution >= 4 is 148 Å². The lowest BCUT2D eigenvalue weighted by atomic mass is 9.81. The topological polar surface area (TPSA) is 27.7 Å². The first-order valence-electron chi connectivity index (χ1n) is 39.1. The summed E-state index contributed by atoms with van der Waals surface area (Å²) in [5, 5.41) is 21.5. The van der Waals surface area contributed by atoms with Gasteiger partial charge in [0.1, 0.15) is 17.2 Å². The SMILES string of the molecule is Pc1cc2cc3ccccc3cc2c2c(OB(Oc3c(-c4ccccc4)c(-c4ccccc4)c(-c4ccccc4)c4c(P)cc5cc6ccccc6cc5c34)Oc3c(-c4ccccc4)c(-c4ccccc4)c(-c4ccccc4)c4c(P)cc5cc6ccccc6cc5c34)c(-c3ccccc3)c(-c3ccccc3)c(-c3ccccc3)c12. The van der Waals surface area contributed by atoms with Gasteiger partial charge in [0.15, 0.2) is 0 Å². The Morgan fingerprint density at radius 1 is 0.157 bits per heavy atom. The highest BCUT2D eigenvalue weighted by Crippen LogP contribution is 2.58. The third-order valence-corrected chi connectivity index (χ3v) is 24.3. The fraction of sp³-hybridized carbons (Fsp3) is 0. The third kappa shape index (κ3) is 12.2. The van der Waals surface area contributed by atoms with Crippen LogP contribution in [0.2, 0.25) is 0 Å². The molecule has 0 bridgehead atoms. The highest BCUT2D eigenvalue weighted by Gasteiger charge is 2.41. The summed E-state index contributed by atoms with van der Waals surface area (Å²) in [5.41, 5.74) is 17.8. The van der Waals surface area contributed by atoms with E-state index in [0.717, 1.165) is 213 Å². The van der Waals surface area contributed by atoms with Crippen molar-refractivity contribution in [1.29, 1.82) is 0 Å². The molecular weight excluding hydrogens is 1450 g/mol. The van der Waals surface area contributed by atoms with Crippen LogP contribution in [0.4, 0.5) is 0 Å². The van der Waals surface area contributed by atoms with Crippen LogP contribution < -0.4 is 29.9 Å². The van der Waals surface area contributed by atoms with Crippen molar-refractivity contribution in [3.8, 4) is 117 Å². The number of rotatable bonds is 15. The van der Waals surface area contributed by atoms with Crippen LogP contribution in [0.25, 0.3) is 197 Å². The molecule has 0 aliphatic heterocycles. The van der Waals surface area contributed by atoms with Crippen LogP contribution in [-0.2, 0) is 0 Å². The Morgan fingerprint density at radius 3 is 0.539 bits per heavy atom. The average molecular weight is 1520 g/mol. The van der Waals surface area contributed by atoms with Crippen molar-refractivity contribution in [1.82, 2.24) is 0 Å². The summed E-state index contributed by atoms with van der Waals surface area (Å²) >= 11 is 0. The molecule has 21 aromatic rings. The lowest BCUT2D eigenvalue weighted by molar-refractivity contribution is 0.314. The largest absolute Gasteiger partial charge is 0.864 e. The van der Waals surface area contributed by atoms with Crippen LogP contribution in [0.1, 0.15) is 0 Å². The van der Waals surface area contributed by atoms with Crippen molar-refractivity contribution in [2.45, 2.75) is 0 Å². The van der Waals surface area contributed by atoms with E-state index in [-0.39, 0.29) is 0 Å². The number of hydrogen-bond donors (Lipinski definition) is 0. The number of benzene rings is 21. The zero-order chi connectivity index (χ0) is 76.6. The second-order valence-electron chi connectivity index (χ2n) is 29.7. The molecule has 0 aliphatic carbocycles. The molecule has 0 spiro atoms. The van der Waals surface area contributed by atoms with E-state index in [1.165, 1.54) is 0 Å². The smallest absolute Gasteiger partial charge is 0.488 e. The maximum absolute atomic E-state index is 8.91.